The Hall–Kier alpha value is -2.44. The summed E-state index contributed by atoms with van der Waals surface area (Å²) >= 11 is 0. The molecule has 0 saturated heterocycles. The molecule has 0 saturated carbocycles. The van der Waals surface area contributed by atoms with Gasteiger partial charge in [0.2, 0.25) is 5.91 Å². The summed E-state index contributed by atoms with van der Waals surface area (Å²) in [6, 6.07) is 0. The highest BCUT2D eigenvalue weighted by atomic mass is 16.1. The van der Waals surface area contributed by atoms with E-state index >= 15 is 0 Å². The van der Waals surface area contributed by atoms with Gasteiger partial charge in [0.05, 0.1) is 18.1 Å². The number of fused-ring (bicyclic) bond motifs is 1. The molecular formula is C14H20N6O. The Morgan fingerprint density at radius 2 is 2.24 bits per heavy atom. The average molecular weight is 288 g/mol. The predicted molar refractivity (Wildman–Crippen MR) is 81.9 cm³/mol. The number of carbonyl (C=O) groups excluding carboxylic acids is 1. The quantitative estimate of drug-likeness (QED) is 0.751. The van der Waals surface area contributed by atoms with Crippen LogP contribution in [0.25, 0.3) is 11.0 Å². The summed E-state index contributed by atoms with van der Waals surface area (Å²) in [6.45, 7) is 5.83. The first-order chi connectivity index (χ1) is 10.3. The standard InChI is InChI=1S/C14H20N6O/c1-3-5-12(21)15-7-8-20-14-11(9-19-20)13(16-6-4-2)17-10-18-14/h3,5,9-10H,4,6-8H2,1-2H3,(H,15,21)(H,16,17,18)/b5-3+. The lowest BCUT2D eigenvalue weighted by atomic mass is 10.3. The second-order valence-electron chi connectivity index (χ2n) is 4.55. The summed E-state index contributed by atoms with van der Waals surface area (Å²) in [7, 11) is 0. The molecule has 1 amide bonds. The third kappa shape index (κ3) is 3.77. The molecule has 0 aliphatic heterocycles. The Labute approximate surface area is 123 Å². The van der Waals surface area contributed by atoms with Crippen molar-refractivity contribution in [2.75, 3.05) is 18.4 Å². The third-order valence-electron chi connectivity index (χ3n) is 2.92. The van der Waals surface area contributed by atoms with Crippen molar-refractivity contribution in [2.45, 2.75) is 26.8 Å². The van der Waals surface area contributed by atoms with Crippen molar-refractivity contribution in [3.8, 4) is 0 Å². The number of allylic oxidation sites excluding steroid dienone is 1. The number of hydrogen-bond acceptors (Lipinski definition) is 5. The summed E-state index contributed by atoms with van der Waals surface area (Å²) in [6.07, 6.45) is 7.50. The SMILES string of the molecule is C/C=C/C(=O)NCCn1ncc2c(NCCC)ncnc21. The summed E-state index contributed by atoms with van der Waals surface area (Å²) in [5.74, 6) is 0.694. The second kappa shape index (κ2) is 7.37. The van der Waals surface area contributed by atoms with Gasteiger partial charge in [0.25, 0.3) is 0 Å². The predicted octanol–water partition coefficient (Wildman–Crippen LogP) is 1.34. The first kappa shape index (κ1) is 15.0. The normalized spacial score (nSPS) is 11.1. The van der Waals surface area contributed by atoms with Crippen molar-refractivity contribution < 1.29 is 4.79 Å². The lowest BCUT2D eigenvalue weighted by Crippen LogP contribution is -2.25. The maximum Gasteiger partial charge on any atom is 0.243 e. The minimum absolute atomic E-state index is 0.103. The summed E-state index contributed by atoms with van der Waals surface area (Å²) in [5.41, 5.74) is 0.767. The molecule has 0 aromatic carbocycles. The van der Waals surface area contributed by atoms with Crippen LogP contribution in [-0.2, 0) is 11.3 Å². The van der Waals surface area contributed by atoms with Gasteiger partial charge in [-0.05, 0) is 19.4 Å². The first-order valence-electron chi connectivity index (χ1n) is 7.07. The van der Waals surface area contributed by atoms with E-state index < -0.39 is 0 Å². The Balaban J connectivity index is 2.06. The van der Waals surface area contributed by atoms with Crippen LogP contribution in [0.3, 0.4) is 0 Å². The van der Waals surface area contributed by atoms with Gasteiger partial charge in [-0.3, -0.25) is 4.79 Å². The lowest BCUT2D eigenvalue weighted by Gasteiger charge is -2.06. The molecule has 0 radical (unpaired) electrons. The van der Waals surface area contributed by atoms with Crippen LogP contribution in [0.15, 0.2) is 24.7 Å². The molecule has 21 heavy (non-hydrogen) atoms. The zero-order chi connectivity index (χ0) is 15.1. The van der Waals surface area contributed by atoms with Crippen LogP contribution in [0.1, 0.15) is 20.3 Å². The van der Waals surface area contributed by atoms with Crippen molar-refractivity contribution in [1.82, 2.24) is 25.1 Å². The van der Waals surface area contributed by atoms with Crippen LogP contribution < -0.4 is 10.6 Å². The van der Waals surface area contributed by atoms with E-state index in [2.05, 4.69) is 32.6 Å². The number of hydrogen-bond donors (Lipinski definition) is 2. The molecule has 0 aliphatic carbocycles. The molecule has 0 fully saturated rings. The van der Waals surface area contributed by atoms with Gasteiger partial charge in [0.15, 0.2) is 5.65 Å². The molecule has 7 heteroatoms. The highest BCUT2D eigenvalue weighted by Gasteiger charge is 2.09. The Morgan fingerprint density at radius 1 is 1.38 bits per heavy atom. The minimum atomic E-state index is -0.103. The number of nitrogens with one attached hydrogen (secondary N) is 2. The monoisotopic (exact) mass is 288 g/mol. The van der Waals surface area contributed by atoms with Crippen LogP contribution in [0, 0.1) is 0 Å². The van der Waals surface area contributed by atoms with Crippen molar-refractivity contribution in [2.24, 2.45) is 0 Å². The Kier molecular flexibility index (Phi) is 5.25. The highest BCUT2D eigenvalue weighted by Crippen LogP contribution is 2.18. The molecule has 0 atom stereocenters. The van der Waals surface area contributed by atoms with E-state index in [0.717, 1.165) is 29.8 Å². The maximum atomic E-state index is 11.3. The van der Waals surface area contributed by atoms with Crippen LogP contribution in [0.4, 0.5) is 5.82 Å². The van der Waals surface area contributed by atoms with E-state index in [9.17, 15) is 4.79 Å². The minimum Gasteiger partial charge on any atom is -0.369 e. The zero-order valence-electron chi connectivity index (χ0n) is 12.3. The molecule has 0 bridgehead atoms. The molecule has 2 aromatic heterocycles. The molecule has 0 aliphatic rings. The van der Waals surface area contributed by atoms with Gasteiger partial charge in [-0.25, -0.2) is 14.6 Å². The fraction of sp³-hybridized carbons (Fsp3) is 0.429. The van der Waals surface area contributed by atoms with E-state index in [1.807, 2.05) is 6.92 Å². The molecule has 112 valence electrons. The van der Waals surface area contributed by atoms with Gasteiger partial charge in [0.1, 0.15) is 12.1 Å². The largest absolute Gasteiger partial charge is 0.369 e. The van der Waals surface area contributed by atoms with Crippen LogP contribution in [0.2, 0.25) is 0 Å². The van der Waals surface area contributed by atoms with E-state index in [4.69, 9.17) is 0 Å². The number of aromatic nitrogens is 4. The molecule has 2 rings (SSSR count). The maximum absolute atomic E-state index is 11.3. The van der Waals surface area contributed by atoms with Crippen LogP contribution in [0.5, 0.6) is 0 Å². The molecule has 0 spiro atoms. The number of nitrogens with zero attached hydrogens (tertiary/aromatic N) is 4. The van der Waals surface area contributed by atoms with Crippen molar-refractivity contribution in [3.05, 3.63) is 24.7 Å². The number of carbonyl (C=O) groups is 1. The van der Waals surface area contributed by atoms with E-state index in [1.165, 1.54) is 12.4 Å². The smallest absolute Gasteiger partial charge is 0.243 e. The summed E-state index contributed by atoms with van der Waals surface area (Å²) < 4.78 is 1.77. The fourth-order valence-corrected chi connectivity index (χ4v) is 1.94. The Bertz CT molecular complexity index is 633. The average Bonchev–Trinajstić information content (AvgIpc) is 2.89. The van der Waals surface area contributed by atoms with Crippen molar-refractivity contribution in [1.29, 1.82) is 0 Å². The van der Waals surface area contributed by atoms with Gasteiger partial charge >= 0.3 is 0 Å². The van der Waals surface area contributed by atoms with Crippen LogP contribution >= 0.6 is 0 Å². The number of anilines is 1. The fourth-order valence-electron chi connectivity index (χ4n) is 1.94. The summed E-state index contributed by atoms with van der Waals surface area (Å²) in [5, 5.41) is 11.3. The van der Waals surface area contributed by atoms with Crippen LogP contribution in [-0.4, -0.2) is 38.7 Å². The first-order valence-corrected chi connectivity index (χ1v) is 7.07. The molecule has 7 nitrogen and oxygen atoms in total. The van der Waals surface area contributed by atoms with Gasteiger partial charge in [-0.1, -0.05) is 13.0 Å². The van der Waals surface area contributed by atoms with Crippen molar-refractivity contribution >= 4 is 22.8 Å². The Morgan fingerprint density at radius 3 is 3.00 bits per heavy atom. The lowest BCUT2D eigenvalue weighted by molar-refractivity contribution is -0.116. The molecular weight excluding hydrogens is 268 g/mol. The van der Waals surface area contributed by atoms with E-state index in [1.54, 1.807) is 17.0 Å². The van der Waals surface area contributed by atoms with Gasteiger partial charge < -0.3 is 10.6 Å². The van der Waals surface area contributed by atoms with Gasteiger partial charge in [0, 0.05) is 13.1 Å². The summed E-state index contributed by atoms with van der Waals surface area (Å²) in [4.78, 5) is 19.8. The molecule has 2 N–H and O–H groups in total. The molecule has 2 aromatic rings. The van der Waals surface area contributed by atoms with Gasteiger partial charge in [-0.15, -0.1) is 0 Å². The number of rotatable bonds is 7. The third-order valence-corrected chi connectivity index (χ3v) is 2.92. The second-order valence-corrected chi connectivity index (χ2v) is 4.55. The topological polar surface area (TPSA) is 84.7 Å². The van der Waals surface area contributed by atoms with E-state index in [0.29, 0.717) is 13.1 Å². The van der Waals surface area contributed by atoms with Gasteiger partial charge in [-0.2, -0.15) is 5.10 Å². The molecule has 0 unspecified atom stereocenters. The van der Waals surface area contributed by atoms with E-state index in [-0.39, 0.29) is 5.91 Å². The van der Waals surface area contributed by atoms with Crippen molar-refractivity contribution in [3.63, 3.8) is 0 Å². The molecule has 2 heterocycles. The zero-order valence-corrected chi connectivity index (χ0v) is 12.3. The number of amides is 1. The highest BCUT2D eigenvalue weighted by molar-refractivity contribution is 5.87.